The minimum atomic E-state index is 0.0648. The molecule has 7 heteroatoms. The molecule has 3 aromatic rings. The van der Waals surface area contributed by atoms with Gasteiger partial charge in [-0.25, -0.2) is 4.52 Å². The fourth-order valence-corrected chi connectivity index (χ4v) is 3.65. The summed E-state index contributed by atoms with van der Waals surface area (Å²) in [6.45, 7) is 3.78. The van der Waals surface area contributed by atoms with Crippen LogP contribution >= 0.6 is 0 Å². The molecule has 7 nitrogen and oxygen atoms in total. The van der Waals surface area contributed by atoms with E-state index >= 15 is 0 Å². The summed E-state index contributed by atoms with van der Waals surface area (Å²) in [5, 5.41) is 7.37. The third-order valence-electron chi connectivity index (χ3n) is 5.85. The number of likely N-dealkylation sites (N-methyl/N-ethyl adjacent to an activating group) is 1. The van der Waals surface area contributed by atoms with E-state index in [1.165, 1.54) is 6.42 Å². The zero-order valence-corrected chi connectivity index (χ0v) is 16.8. The summed E-state index contributed by atoms with van der Waals surface area (Å²) < 4.78 is 7.92. The maximum atomic E-state index is 12.0. The predicted molar refractivity (Wildman–Crippen MR) is 111 cm³/mol. The second-order valence-corrected chi connectivity index (χ2v) is 8.13. The summed E-state index contributed by atoms with van der Waals surface area (Å²) in [4.78, 5) is 18.7. The first-order valence-electron chi connectivity index (χ1n) is 10.2. The van der Waals surface area contributed by atoms with Gasteiger partial charge in [0, 0.05) is 35.5 Å². The average molecular weight is 391 g/mol. The van der Waals surface area contributed by atoms with Gasteiger partial charge in [0.05, 0.1) is 11.7 Å². The van der Waals surface area contributed by atoms with Gasteiger partial charge in [-0.2, -0.15) is 5.10 Å². The molecule has 0 spiro atoms. The van der Waals surface area contributed by atoms with Crippen LogP contribution < -0.4 is 10.1 Å². The first-order valence-corrected chi connectivity index (χ1v) is 10.2. The number of rotatable bonds is 6. The van der Waals surface area contributed by atoms with Crippen LogP contribution in [-0.4, -0.2) is 51.6 Å². The number of carbonyl (C=O) groups is 1. The van der Waals surface area contributed by atoms with Crippen LogP contribution in [0.15, 0.2) is 36.7 Å². The number of aryl methyl sites for hydroxylation is 1. The van der Waals surface area contributed by atoms with Crippen molar-refractivity contribution in [1.29, 1.82) is 0 Å². The number of anilines is 1. The van der Waals surface area contributed by atoms with Gasteiger partial charge in [-0.1, -0.05) is 0 Å². The van der Waals surface area contributed by atoms with E-state index < -0.39 is 0 Å². The van der Waals surface area contributed by atoms with E-state index in [1.807, 2.05) is 31.5 Å². The lowest BCUT2D eigenvalue weighted by Gasteiger charge is -2.37. The molecule has 4 heterocycles. The number of hydrogen-bond acceptors (Lipinski definition) is 5. The lowest BCUT2D eigenvalue weighted by molar-refractivity contribution is -0.117. The monoisotopic (exact) mass is 391 g/mol. The van der Waals surface area contributed by atoms with Crippen molar-refractivity contribution in [2.45, 2.75) is 32.2 Å². The molecule has 1 N–H and O–H groups in total. The van der Waals surface area contributed by atoms with Crippen molar-refractivity contribution < 1.29 is 9.53 Å². The largest absolute Gasteiger partial charge is 0.490 e. The zero-order chi connectivity index (χ0) is 20.0. The third kappa shape index (κ3) is 3.70. The van der Waals surface area contributed by atoms with Crippen LogP contribution in [0.2, 0.25) is 0 Å². The number of carbonyl (C=O) groups excluding carboxylic acids is 1. The number of fused-ring (bicyclic) bond motifs is 1. The summed E-state index contributed by atoms with van der Waals surface area (Å²) in [6.07, 6.45) is 6.85. The van der Waals surface area contributed by atoms with Crippen molar-refractivity contribution in [2.24, 2.45) is 5.92 Å². The molecule has 3 aromatic heterocycles. The number of pyridine rings is 2. The van der Waals surface area contributed by atoms with Crippen LogP contribution in [-0.2, 0) is 4.79 Å². The van der Waals surface area contributed by atoms with E-state index in [1.54, 1.807) is 4.52 Å². The molecule has 29 heavy (non-hydrogen) atoms. The molecule has 0 unspecified atom stereocenters. The average Bonchev–Trinajstić information content (AvgIpc) is 3.48. The summed E-state index contributed by atoms with van der Waals surface area (Å²) in [5.41, 5.74) is 3.93. The van der Waals surface area contributed by atoms with Crippen molar-refractivity contribution in [2.75, 3.05) is 25.5 Å². The topological polar surface area (TPSA) is 71.8 Å². The molecular formula is C22H25N5O2. The number of amides is 1. The number of likely N-dealkylation sites (tertiary alicyclic amines) is 1. The van der Waals surface area contributed by atoms with E-state index in [9.17, 15) is 4.79 Å². The molecule has 1 atom stereocenters. The van der Waals surface area contributed by atoms with Crippen molar-refractivity contribution in [1.82, 2.24) is 19.5 Å². The lowest BCUT2D eigenvalue weighted by Crippen LogP contribution is -2.48. The normalized spacial score (nSPS) is 19.2. The smallest absolute Gasteiger partial charge is 0.228 e. The van der Waals surface area contributed by atoms with E-state index in [0.717, 1.165) is 47.5 Å². The molecule has 5 rings (SSSR count). The summed E-state index contributed by atoms with van der Waals surface area (Å²) in [5.74, 6) is 1.61. The Morgan fingerprint density at radius 2 is 2.14 bits per heavy atom. The minimum absolute atomic E-state index is 0.0648. The maximum Gasteiger partial charge on any atom is 0.228 e. The molecule has 0 bridgehead atoms. The quantitative estimate of drug-likeness (QED) is 0.699. The van der Waals surface area contributed by atoms with E-state index in [2.05, 4.69) is 39.5 Å². The van der Waals surface area contributed by atoms with Crippen LogP contribution in [0.1, 0.15) is 25.0 Å². The molecule has 150 valence electrons. The summed E-state index contributed by atoms with van der Waals surface area (Å²) in [7, 11) is 2.12. The Morgan fingerprint density at radius 1 is 1.28 bits per heavy atom. The fourth-order valence-electron chi connectivity index (χ4n) is 3.65. The van der Waals surface area contributed by atoms with Gasteiger partial charge in [0.1, 0.15) is 12.4 Å². The number of ether oxygens (including phenoxy) is 1. The van der Waals surface area contributed by atoms with E-state index in [0.29, 0.717) is 18.5 Å². The number of aromatic nitrogens is 3. The van der Waals surface area contributed by atoms with E-state index in [4.69, 9.17) is 4.74 Å². The Labute approximate surface area is 169 Å². The molecule has 1 aliphatic carbocycles. The Hall–Kier alpha value is -2.93. The Bertz CT molecular complexity index is 1070. The van der Waals surface area contributed by atoms with Gasteiger partial charge in [-0.3, -0.25) is 14.7 Å². The molecule has 1 amide bonds. The van der Waals surface area contributed by atoms with Crippen molar-refractivity contribution in [3.8, 4) is 16.9 Å². The van der Waals surface area contributed by atoms with E-state index in [-0.39, 0.29) is 11.8 Å². The van der Waals surface area contributed by atoms with Gasteiger partial charge in [-0.15, -0.1) is 0 Å². The number of nitrogens with one attached hydrogen (secondary N) is 1. The van der Waals surface area contributed by atoms with Crippen LogP contribution in [0.25, 0.3) is 16.6 Å². The number of hydrogen-bond donors (Lipinski definition) is 1. The molecule has 0 radical (unpaired) electrons. The fraction of sp³-hybridized carbons (Fsp3) is 0.409. The molecular weight excluding hydrogens is 366 g/mol. The highest BCUT2D eigenvalue weighted by Crippen LogP contribution is 2.33. The Kier molecular flexibility index (Phi) is 4.47. The Morgan fingerprint density at radius 3 is 2.86 bits per heavy atom. The highest BCUT2D eigenvalue weighted by atomic mass is 16.5. The second-order valence-electron chi connectivity index (χ2n) is 8.13. The van der Waals surface area contributed by atoms with Crippen LogP contribution in [0.5, 0.6) is 5.75 Å². The first-order chi connectivity index (χ1) is 14.1. The highest BCUT2D eigenvalue weighted by molar-refractivity contribution is 5.93. The van der Waals surface area contributed by atoms with Gasteiger partial charge in [-0.05, 0) is 63.5 Å². The zero-order valence-electron chi connectivity index (χ0n) is 16.8. The van der Waals surface area contributed by atoms with Gasteiger partial charge in [0.25, 0.3) is 0 Å². The van der Waals surface area contributed by atoms with Gasteiger partial charge >= 0.3 is 0 Å². The summed E-state index contributed by atoms with van der Waals surface area (Å²) in [6, 6.07) is 8.51. The Balaban J connectivity index is 1.41. The van der Waals surface area contributed by atoms with Gasteiger partial charge < -0.3 is 10.1 Å². The predicted octanol–water partition coefficient (Wildman–Crippen LogP) is 3.14. The molecule has 1 saturated heterocycles. The molecule has 2 aliphatic rings. The molecule has 0 aromatic carbocycles. The van der Waals surface area contributed by atoms with Crippen LogP contribution in [0.4, 0.5) is 5.82 Å². The van der Waals surface area contributed by atoms with Crippen molar-refractivity contribution in [3.63, 3.8) is 0 Å². The van der Waals surface area contributed by atoms with Crippen molar-refractivity contribution >= 4 is 17.2 Å². The lowest BCUT2D eigenvalue weighted by atomic mass is 10.0. The maximum absolute atomic E-state index is 12.0. The van der Waals surface area contributed by atoms with Crippen molar-refractivity contribution in [3.05, 3.63) is 42.4 Å². The third-order valence-corrected chi connectivity index (χ3v) is 5.85. The molecule has 2 fully saturated rings. The highest BCUT2D eigenvalue weighted by Gasteiger charge is 2.30. The van der Waals surface area contributed by atoms with Gasteiger partial charge in [0.2, 0.25) is 5.91 Å². The second kappa shape index (κ2) is 7.15. The minimum Gasteiger partial charge on any atom is -0.490 e. The number of nitrogens with zero attached hydrogens (tertiary/aromatic N) is 4. The molecule has 1 saturated carbocycles. The first kappa shape index (κ1) is 18.1. The summed E-state index contributed by atoms with van der Waals surface area (Å²) >= 11 is 0. The van der Waals surface area contributed by atoms with Gasteiger partial charge in [0.15, 0.2) is 5.82 Å². The molecule has 1 aliphatic heterocycles. The SMILES string of the molecule is Cc1cc(-c2ccn3nc(NC(=O)C4CC4)cc3c2)c(OC[C@@H]2CCN2C)cn1. The standard InChI is InChI=1S/C22H25N5O2/c1-14-9-19(20(12-23-14)29-13-17-6-7-26(17)2)16-5-8-27-18(10-16)11-21(25-27)24-22(28)15-3-4-15/h5,8-12,15,17H,3-4,6-7,13H2,1-2H3,(H,24,25,28)/t17-/m0/s1. The van der Waals surface area contributed by atoms with Crippen LogP contribution in [0, 0.1) is 12.8 Å². The van der Waals surface area contributed by atoms with Crippen LogP contribution in [0.3, 0.4) is 0 Å².